The lowest BCUT2D eigenvalue weighted by Gasteiger charge is -2.14. The second-order valence-corrected chi connectivity index (χ2v) is 3.44. The topological polar surface area (TPSA) is 54.3 Å². The van der Waals surface area contributed by atoms with Crippen LogP contribution >= 0.6 is 0 Å². The van der Waals surface area contributed by atoms with Gasteiger partial charge in [0.25, 0.3) is 5.91 Å². The van der Waals surface area contributed by atoms with Crippen LogP contribution in [0.25, 0.3) is 0 Å². The minimum absolute atomic E-state index is 0.0188. The number of hydrogen-bond donors (Lipinski definition) is 2. The van der Waals surface area contributed by atoms with E-state index in [0.29, 0.717) is 5.69 Å². The van der Waals surface area contributed by atoms with Crippen molar-refractivity contribution in [2.24, 2.45) is 0 Å². The zero-order chi connectivity index (χ0) is 11.3. The number of amides is 1. The van der Waals surface area contributed by atoms with Gasteiger partial charge in [-0.25, -0.2) is 0 Å². The van der Waals surface area contributed by atoms with Gasteiger partial charge in [0.1, 0.15) is 5.69 Å². The van der Waals surface area contributed by atoms with Gasteiger partial charge in [0, 0.05) is 12.7 Å². The predicted molar refractivity (Wildman–Crippen MR) is 58.7 cm³/mol. The Morgan fingerprint density at radius 2 is 2.33 bits per heavy atom. The van der Waals surface area contributed by atoms with E-state index in [0.717, 1.165) is 13.0 Å². The fourth-order valence-corrected chi connectivity index (χ4v) is 1.43. The Morgan fingerprint density at radius 3 is 2.87 bits per heavy atom. The highest BCUT2D eigenvalue weighted by Gasteiger charge is 2.13. The first-order chi connectivity index (χ1) is 7.22. The van der Waals surface area contributed by atoms with Gasteiger partial charge in [0.15, 0.2) is 0 Å². The molecule has 2 N–H and O–H groups in total. The molecule has 0 aliphatic rings. The van der Waals surface area contributed by atoms with Gasteiger partial charge >= 0.3 is 0 Å². The molecule has 0 fully saturated rings. The van der Waals surface area contributed by atoms with Crippen LogP contribution in [-0.4, -0.2) is 28.2 Å². The second-order valence-electron chi connectivity index (χ2n) is 3.44. The lowest BCUT2D eigenvalue weighted by Crippen LogP contribution is -2.37. The van der Waals surface area contributed by atoms with Crippen molar-refractivity contribution in [3.05, 3.63) is 24.0 Å². The van der Waals surface area contributed by atoms with Crippen LogP contribution in [0.15, 0.2) is 18.3 Å². The molecule has 1 rings (SSSR count). The highest BCUT2D eigenvalue weighted by molar-refractivity contribution is 5.92. The number of aliphatic hydroxyl groups excluding tert-OH is 1. The molecular weight excluding hydrogens is 192 g/mol. The van der Waals surface area contributed by atoms with Crippen LogP contribution in [0.3, 0.4) is 0 Å². The number of nitrogens with one attached hydrogen (secondary N) is 1. The maximum absolute atomic E-state index is 11.8. The minimum Gasteiger partial charge on any atom is -0.394 e. The summed E-state index contributed by atoms with van der Waals surface area (Å²) in [6.45, 7) is 4.67. The van der Waals surface area contributed by atoms with Crippen LogP contribution in [0.5, 0.6) is 0 Å². The first-order valence-electron chi connectivity index (χ1n) is 5.29. The molecule has 4 heteroatoms. The first-order valence-corrected chi connectivity index (χ1v) is 5.29. The van der Waals surface area contributed by atoms with Crippen LogP contribution in [-0.2, 0) is 6.54 Å². The molecule has 0 bridgehead atoms. The normalized spacial score (nSPS) is 12.5. The number of carbonyl (C=O) groups excluding carboxylic acids is 1. The molecule has 15 heavy (non-hydrogen) atoms. The Kier molecular flexibility index (Phi) is 4.37. The molecule has 0 saturated carbocycles. The predicted octanol–water partition coefficient (Wildman–Crippen LogP) is 1.01. The van der Waals surface area contributed by atoms with Crippen molar-refractivity contribution >= 4 is 5.91 Å². The van der Waals surface area contributed by atoms with Crippen molar-refractivity contribution in [1.29, 1.82) is 0 Å². The average Bonchev–Trinajstić information content (AvgIpc) is 2.73. The fourth-order valence-electron chi connectivity index (χ4n) is 1.43. The summed E-state index contributed by atoms with van der Waals surface area (Å²) in [4.78, 5) is 11.8. The van der Waals surface area contributed by atoms with Gasteiger partial charge in [0.05, 0.1) is 12.6 Å². The monoisotopic (exact) mass is 210 g/mol. The van der Waals surface area contributed by atoms with Gasteiger partial charge < -0.3 is 15.0 Å². The van der Waals surface area contributed by atoms with E-state index in [1.165, 1.54) is 0 Å². The van der Waals surface area contributed by atoms with Gasteiger partial charge in [-0.3, -0.25) is 4.79 Å². The third kappa shape index (κ3) is 2.83. The maximum Gasteiger partial charge on any atom is 0.268 e. The molecule has 1 amide bonds. The van der Waals surface area contributed by atoms with E-state index in [-0.39, 0.29) is 18.6 Å². The molecule has 0 saturated heterocycles. The highest BCUT2D eigenvalue weighted by Crippen LogP contribution is 2.03. The third-order valence-electron chi connectivity index (χ3n) is 2.45. The molecule has 1 atom stereocenters. The van der Waals surface area contributed by atoms with Crippen molar-refractivity contribution in [3.63, 3.8) is 0 Å². The smallest absolute Gasteiger partial charge is 0.268 e. The molecule has 0 aliphatic heterocycles. The Hall–Kier alpha value is -1.29. The summed E-state index contributed by atoms with van der Waals surface area (Å²) < 4.78 is 1.87. The number of rotatable bonds is 5. The summed E-state index contributed by atoms with van der Waals surface area (Å²) in [5.41, 5.74) is 0.643. The summed E-state index contributed by atoms with van der Waals surface area (Å²) in [6.07, 6.45) is 2.60. The molecule has 0 aromatic carbocycles. The van der Waals surface area contributed by atoms with Crippen molar-refractivity contribution < 1.29 is 9.90 Å². The Morgan fingerprint density at radius 1 is 1.60 bits per heavy atom. The summed E-state index contributed by atoms with van der Waals surface area (Å²) in [6, 6.07) is 3.47. The van der Waals surface area contributed by atoms with Crippen LogP contribution in [0.2, 0.25) is 0 Å². The number of nitrogens with zero attached hydrogens (tertiary/aromatic N) is 1. The second kappa shape index (κ2) is 5.56. The summed E-state index contributed by atoms with van der Waals surface area (Å²) >= 11 is 0. The van der Waals surface area contributed by atoms with Gasteiger partial charge in [-0.05, 0) is 25.5 Å². The Labute approximate surface area is 89.9 Å². The van der Waals surface area contributed by atoms with Crippen LogP contribution in [0.1, 0.15) is 30.8 Å². The van der Waals surface area contributed by atoms with Crippen molar-refractivity contribution in [2.45, 2.75) is 32.9 Å². The maximum atomic E-state index is 11.8. The number of hydrogen-bond acceptors (Lipinski definition) is 2. The van der Waals surface area contributed by atoms with Gasteiger partial charge in [0.2, 0.25) is 0 Å². The third-order valence-corrected chi connectivity index (χ3v) is 2.45. The number of carbonyl (C=O) groups is 1. The number of aliphatic hydroxyl groups is 1. The van der Waals surface area contributed by atoms with E-state index in [1.807, 2.05) is 30.7 Å². The van der Waals surface area contributed by atoms with E-state index >= 15 is 0 Å². The van der Waals surface area contributed by atoms with Gasteiger partial charge in [-0.1, -0.05) is 6.92 Å². The lowest BCUT2D eigenvalue weighted by molar-refractivity contribution is 0.0905. The number of aromatic nitrogens is 1. The molecule has 0 radical (unpaired) electrons. The zero-order valence-electron chi connectivity index (χ0n) is 9.23. The summed E-state index contributed by atoms with van der Waals surface area (Å²) in [5, 5.41) is 11.8. The van der Waals surface area contributed by atoms with Gasteiger partial charge in [-0.2, -0.15) is 0 Å². The standard InChI is InChI=1S/C11H18N2O2/c1-3-9(8-14)12-11(15)10-6-5-7-13(10)4-2/h5-7,9,14H,3-4,8H2,1-2H3,(H,12,15). The van der Waals surface area contributed by atoms with E-state index in [4.69, 9.17) is 5.11 Å². The van der Waals surface area contributed by atoms with Crippen molar-refractivity contribution in [1.82, 2.24) is 9.88 Å². The average molecular weight is 210 g/mol. The lowest BCUT2D eigenvalue weighted by atomic mass is 10.2. The SMILES string of the molecule is CCC(CO)NC(=O)c1cccn1CC. The van der Waals surface area contributed by atoms with E-state index in [1.54, 1.807) is 6.07 Å². The van der Waals surface area contributed by atoms with Crippen molar-refractivity contribution in [2.75, 3.05) is 6.61 Å². The summed E-state index contributed by atoms with van der Waals surface area (Å²) in [5.74, 6) is -0.122. The molecule has 1 aromatic rings. The van der Waals surface area contributed by atoms with Gasteiger partial charge in [-0.15, -0.1) is 0 Å². The minimum atomic E-state index is -0.155. The van der Waals surface area contributed by atoms with Crippen LogP contribution in [0.4, 0.5) is 0 Å². The first kappa shape index (κ1) is 11.8. The zero-order valence-corrected chi connectivity index (χ0v) is 9.23. The molecular formula is C11H18N2O2. The highest BCUT2D eigenvalue weighted by atomic mass is 16.3. The van der Waals surface area contributed by atoms with E-state index in [9.17, 15) is 4.79 Å². The molecule has 1 heterocycles. The van der Waals surface area contributed by atoms with Crippen molar-refractivity contribution in [3.8, 4) is 0 Å². The van der Waals surface area contributed by atoms with Crippen LogP contribution in [0, 0.1) is 0 Å². The molecule has 84 valence electrons. The Bertz CT molecular complexity index is 316. The largest absolute Gasteiger partial charge is 0.394 e. The Balaban J connectivity index is 2.68. The fraction of sp³-hybridized carbons (Fsp3) is 0.545. The molecule has 0 spiro atoms. The summed E-state index contributed by atoms with van der Waals surface area (Å²) in [7, 11) is 0. The molecule has 1 unspecified atom stereocenters. The van der Waals surface area contributed by atoms with Crippen LogP contribution < -0.4 is 5.32 Å². The number of aryl methyl sites for hydroxylation is 1. The quantitative estimate of drug-likeness (QED) is 0.762. The van der Waals surface area contributed by atoms with E-state index < -0.39 is 0 Å². The molecule has 1 aromatic heterocycles. The molecule has 4 nitrogen and oxygen atoms in total. The van der Waals surface area contributed by atoms with E-state index in [2.05, 4.69) is 5.32 Å². The molecule has 0 aliphatic carbocycles.